The third-order valence-corrected chi connectivity index (χ3v) is 5.25. The molecule has 1 aromatic carbocycles. The van der Waals surface area contributed by atoms with Crippen molar-refractivity contribution in [3.63, 3.8) is 0 Å². The van der Waals surface area contributed by atoms with Gasteiger partial charge in [0.2, 0.25) is 0 Å². The second-order valence-corrected chi connectivity index (χ2v) is 7.23. The van der Waals surface area contributed by atoms with Gasteiger partial charge in [-0.2, -0.15) is 0 Å². The number of nitrogens with zero attached hydrogens (tertiary/aromatic N) is 3. The van der Waals surface area contributed by atoms with E-state index < -0.39 is 0 Å². The first kappa shape index (κ1) is 20.9. The molecule has 1 saturated heterocycles. The van der Waals surface area contributed by atoms with Gasteiger partial charge < -0.3 is 18.9 Å². The van der Waals surface area contributed by atoms with Gasteiger partial charge in [0.05, 0.1) is 12.8 Å². The van der Waals surface area contributed by atoms with Gasteiger partial charge in [-0.25, -0.2) is 0 Å². The van der Waals surface area contributed by atoms with Crippen LogP contribution in [0.3, 0.4) is 0 Å². The van der Waals surface area contributed by atoms with Gasteiger partial charge in [0.25, 0.3) is 5.91 Å². The lowest BCUT2D eigenvalue weighted by atomic mass is 10.1. The minimum absolute atomic E-state index is 0.00102. The lowest BCUT2D eigenvalue weighted by Gasteiger charge is -2.34. The molecule has 0 N–H and O–H groups in total. The molecule has 1 aliphatic heterocycles. The van der Waals surface area contributed by atoms with Crippen molar-refractivity contribution in [2.45, 2.75) is 26.8 Å². The largest absolute Gasteiger partial charge is 0.493 e. The third-order valence-electron chi connectivity index (χ3n) is 5.25. The van der Waals surface area contributed by atoms with Crippen LogP contribution in [0.5, 0.6) is 11.5 Å². The summed E-state index contributed by atoms with van der Waals surface area (Å²) in [5.74, 6) is 2.05. The number of methoxy groups -OCH3 is 1. The number of rotatable bonds is 8. The molecule has 2 aromatic rings. The van der Waals surface area contributed by atoms with E-state index in [9.17, 15) is 4.79 Å². The number of aromatic nitrogens is 1. The van der Waals surface area contributed by atoms with Crippen molar-refractivity contribution >= 4 is 5.91 Å². The summed E-state index contributed by atoms with van der Waals surface area (Å²) in [6, 6.07) is 5.71. The number of allylic oxidation sites excluding steroid dienone is 1. The van der Waals surface area contributed by atoms with Crippen LogP contribution in [-0.4, -0.2) is 60.8 Å². The van der Waals surface area contributed by atoms with E-state index in [1.165, 1.54) is 0 Å². The Balaban J connectivity index is 1.49. The molecule has 0 radical (unpaired) electrons. The van der Waals surface area contributed by atoms with Crippen LogP contribution in [0.4, 0.5) is 0 Å². The van der Waals surface area contributed by atoms with Crippen molar-refractivity contribution in [1.82, 2.24) is 15.0 Å². The number of benzene rings is 1. The molecule has 0 unspecified atom stereocenters. The Morgan fingerprint density at radius 1 is 1.24 bits per heavy atom. The first-order valence-corrected chi connectivity index (χ1v) is 9.84. The topological polar surface area (TPSA) is 68.0 Å². The number of carbonyl (C=O) groups is 1. The summed E-state index contributed by atoms with van der Waals surface area (Å²) in [5.41, 5.74) is 3.16. The number of amides is 1. The van der Waals surface area contributed by atoms with Crippen LogP contribution in [0.2, 0.25) is 0 Å². The Morgan fingerprint density at radius 3 is 2.62 bits per heavy atom. The van der Waals surface area contributed by atoms with E-state index in [0.29, 0.717) is 24.6 Å². The van der Waals surface area contributed by atoms with Crippen LogP contribution in [0, 0.1) is 13.8 Å². The molecule has 1 fully saturated rings. The van der Waals surface area contributed by atoms with Crippen LogP contribution < -0.4 is 9.47 Å². The van der Waals surface area contributed by atoms with Crippen LogP contribution in [0.15, 0.2) is 35.4 Å². The second kappa shape index (κ2) is 9.60. The number of piperazine rings is 1. The van der Waals surface area contributed by atoms with E-state index in [2.05, 4.69) is 16.6 Å². The molecule has 0 bridgehead atoms. The fraction of sp³-hybridized carbons (Fsp3) is 0.455. The molecular weight excluding hydrogens is 370 g/mol. The van der Waals surface area contributed by atoms with Crippen LogP contribution in [0.25, 0.3) is 0 Å². The molecule has 0 atom stereocenters. The number of hydrogen-bond acceptors (Lipinski definition) is 6. The van der Waals surface area contributed by atoms with E-state index in [1.54, 1.807) is 7.11 Å². The Hall–Kier alpha value is -2.80. The third kappa shape index (κ3) is 5.17. The summed E-state index contributed by atoms with van der Waals surface area (Å²) < 4.78 is 16.4. The van der Waals surface area contributed by atoms with Gasteiger partial charge in [-0.1, -0.05) is 17.3 Å². The normalized spacial score (nSPS) is 14.7. The van der Waals surface area contributed by atoms with Gasteiger partial charge in [-0.15, -0.1) is 6.58 Å². The minimum atomic E-state index is -0.0146. The first-order valence-electron chi connectivity index (χ1n) is 9.84. The average Bonchev–Trinajstić information content (AvgIpc) is 3.05. The molecule has 7 nitrogen and oxygen atoms in total. The average molecular weight is 399 g/mol. The van der Waals surface area contributed by atoms with Crippen molar-refractivity contribution in [3.8, 4) is 11.5 Å². The SMILES string of the molecule is C=CCc1ccc(OCC(=O)N2CCN(Cc3c(C)noc3C)CC2)c(OC)c1. The van der Waals surface area contributed by atoms with E-state index in [4.69, 9.17) is 14.0 Å². The van der Waals surface area contributed by atoms with Crippen molar-refractivity contribution in [3.05, 3.63) is 53.4 Å². The zero-order valence-corrected chi connectivity index (χ0v) is 17.4. The fourth-order valence-electron chi connectivity index (χ4n) is 3.46. The maximum Gasteiger partial charge on any atom is 0.260 e. The zero-order valence-electron chi connectivity index (χ0n) is 17.4. The van der Waals surface area contributed by atoms with Crippen molar-refractivity contribution in [1.29, 1.82) is 0 Å². The highest BCUT2D eigenvalue weighted by molar-refractivity contribution is 5.78. The standard InChI is InChI=1S/C22H29N3O4/c1-5-6-18-7-8-20(21(13-18)27-4)28-15-22(26)25-11-9-24(10-12-25)14-19-16(2)23-29-17(19)3/h5,7-8,13H,1,6,9-12,14-15H2,2-4H3. The molecule has 1 amide bonds. The first-order chi connectivity index (χ1) is 14.0. The maximum absolute atomic E-state index is 12.6. The highest BCUT2D eigenvalue weighted by atomic mass is 16.5. The molecule has 2 heterocycles. The van der Waals surface area contributed by atoms with Gasteiger partial charge in [-0.3, -0.25) is 9.69 Å². The summed E-state index contributed by atoms with van der Waals surface area (Å²) >= 11 is 0. The molecule has 3 rings (SSSR count). The Labute approximate surface area is 171 Å². The summed E-state index contributed by atoms with van der Waals surface area (Å²) in [5, 5.41) is 4.01. The predicted molar refractivity (Wildman–Crippen MR) is 110 cm³/mol. The summed E-state index contributed by atoms with van der Waals surface area (Å²) in [4.78, 5) is 16.7. The Bertz CT molecular complexity index is 834. The fourth-order valence-corrected chi connectivity index (χ4v) is 3.46. The number of aryl methyl sites for hydroxylation is 2. The van der Waals surface area contributed by atoms with Gasteiger partial charge in [0, 0.05) is 38.3 Å². The van der Waals surface area contributed by atoms with Gasteiger partial charge in [0.15, 0.2) is 18.1 Å². The quantitative estimate of drug-likeness (QED) is 0.636. The van der Waals surface area contributed by atoms with Gasteiger partial charge >= 0.3 is 0 Å². The summed E-state index contributed by atoms with van der Waals surface area (Å²) in [6.45, 7) is 11.4. The highest BCUT2D eigenvalue weighted by Crippen LogP contribution is 2.28. The van der Waals surface area contributed by atoms with Crippen molar-refractivity contribution in [2.75, 3.05) is 39.9 Å². The van der Waals surface area contributed by atoms with Crippen LogP contribution in [-0.2, 0) is 17.8 Å². The molecule has 7 heteroatoms. The highest BCUT2D eigenvalue weighted by Gasteiger charge is 2.23. The lowest BCUT2D eigenvalue weighted by molar-refractivity contribution is -0.135. The Morgan fingerprint density at radius 2 is 2.00 bits per heavy atom. The van der Waals surface area contributed by atoms with Crippen LogP contribution >= 0.6 is 0 Å². The van der Waals surface area contributed by atoms with E-state index in [1.807, 2.05) is 43.0 Å². The second-order valence-electron chi connectivity index (χ2n) is 7.23. The van der Waals surface area contributed by atoms with Crippen molar-refractivity contribution < 1.29 is 18.8 Å². The van der Waals surface area contributed by atoms with Gasteiger partial charge in [0.1, 0.15) is 5.76 Å². The monoisotopic (exact) mass is 399 g/mol. The van der Waals surface area contributed by atoms with Gasteiger partial charge in [-0.05, 0) is 38.0 Å². The molecule has 0 spiro atoms. The maximum atomic E-state index is 12.6. The molecule has 0 saturated carbocycles. The molecule has 0 aliphatic carbocycles. The summed E-state index contributed by atoms with van der Waals surface area (Å²) in [6.07, 6.45) is 2.60. The van der Waals surface area contributed by atoms with E-state index in [0.717, 1.165) is 48.6 Å². The summed E-state index contributed by atoms with van der Waals surface area (Å²) in [7, 11) is 1.60. The number of carbonyl (C=O) groups excluding carboxylic acids is 1. The number of hydrogen-bond donors (Lipinski definition) is 0. The van der Waals surface area contributed by atoms with Crippen LogP contribution in [0.1, 0.15) is 22.6 Å². The van der Waals surface area contributed by atoms with Crippen molar-refractivity contribution in [2.24, 2.45) is 0 Å². The smallest absolute Gasteiger partial charge is 0.260 e. The zero-order chi connectivity index (χ0) is 20.8. The molecular formula is C22H29N3O4. The minimum Gasteiger partial charge on any atom is -0.493 e. The van der Waals surface area contributed by atoms with E-state index >= 15 is 0 Å². The lowest BCUT2D eigenvalue weighted by Crippen LogP contribution is -2.49. The molecule has 29 heavy (non-hydrogen) atoms. The molecule has 1 aliphatic rings. The number of ether oxygens (including phenoxy) is 2. The Kier molecular flexibility index (Phi) is 6.93. The molecule has 1 aromatic heterocycles. The van der Waals surface area contributed by atoms with E-state index in [-0.39, 0.29) is 12.5 Å². The predicted octanol–water partition coefficient (Wildman–Crippen LogP) is 2.75. The molecule has 156 valence electrons.